The van der Waals surface area contributed by atoms with Gasteiger partial charge in [0, 0.05) is 11.3 Å². The minimum atomic E-state index is -0.758. The van der Waals surface area contributed by atoms with Crippen molar-refractivity contribution in [2.75, 3.05) is 0 Å². The lowest BCUT2D eigenvalue weighted by Gasteiger charge is -2.48. The highest BCUT2D eigenvalue weighted by Gasteiger charge is 2.49. The van der Waals surface area contributed by atoms with E-state index in [4.69, 9.17) is 10.5 Å². The normalized spacial score (nSPS) is 24.0. The van der Waals surface area contributed by atoms with Crippen molar-refractivity contribution in [1.29, 1.82) is 0 Å². The Morgan fingerprint density at radius 2 is 1.33 bits per heavy atom. The van der Waals surface area contributed by atoms with Gasteiger partial charge >= 0.3 is 6.09 Å². The van der Waals surface area contributed by atoms with E-state index in [1.807, 2.05) is 23.5 Å². The van der Waals surface area contributed by atoms with Crippen LogP contribution >= 0.6 is 23.5 Å². The van der Waals surface area contributed by atoms with Gasteiger partial charge in [-0.1, -0.05) is 90.0 Å². The smallest absolute Gasteiger partial charge is 0.409 e. The van der Waals surface area contributed by atoms with Crippen LogP contribution in [0, 0.1) is 33.0 Å². The van der Waals surface area contributed by atoms with E-state index in [0.717, 1.165) is 24.0 Å². The SMILES string of the molecule is CC(C)(SC1=CC(C(C)(C)C)=C(O)C(C(C)(C)C)C1)SC1=CC(C(C)(C)C)=C(OC(N)=O)C(C)(C(C)(C)C)C1. The third kappa shape index (κ3) is 7.93. The quantitative estimate of drug-likeness (QED) is 0.318. The molecule has 2 aliphatic rings. The van der Waals surface area contributed by atoms with Crippen LogP contribution in [-0.4, -0.2) is 15.3 Å². The van der Waals surface area contributed by atoms with E-state index in [1.165, 1.54) is 9.81 Å². The minimum Gasteiger partial charge on any atom is -0.512 e. The summed E-state index contributed by atoms with van der Waals surface area (Å²) in [7, 11) is 0. The van der Waals surface area contributed by atoms with Gasteiger partial charge in [-0.2, -0.15) is 0 Å². The molecule has 4 nitrogen and oxygen atoms in total. The van der Waals surface area contributed by atoms with Gasteiger partial charge in [-0.15, -0.1) is 23.5 Å². The van der Waals surface area contributed by atoms with Crippen LogP contribution in [0.3, 0.4) is 0 Å². The van der Waals surface area contributed by atoms with Gasteiger partial charge < -0.3 is 15.6 Å². The number of ether oxygens (including phenoxy) is 1. The van der Waals surface area contributed by atoms with Crippen LogP contribution in [0.5, 0.6) is 0 Å². The Morgan fingerprint density at radius 3 is 1.74 bits per heavy atom. The second-order valence-electron chi connectivity index (χ2n) is 16.2. The molecule has 2 rings (SSSR count). The maximum Gasteiger partial charge on any atom is 0.409 e. The van der Waals surface area contributed by atoms with Gasteiger partial charge in [-0.25, -0.2) is 4.79 Å². The molecule has 2 unspecified atom stereocenters. The topological polar surface area (TPSA) is 72.6 Å². The van der Waals surface area contributed by atoms with Crippen LogP contribution < -0.4 is 5.73 Å². The molecule has 0 spiro atoms. The number of carbonyl (C=O) groups is 1. The van der Waals surface area contributed by atoms with Crippen molar-refractivity contribution in [3.63, 3.8) is 0 Å². The molecule has 0 aromatic heterocycles. The Hall–Kier alpha value is -1.27. The Bertz CT molecular complexity index is 1100. The zero-order valence-corrected chi connectivity index (χ0v) is 28.9. The lowest BCUT2D eigenvalue weighted by Crippen LogP contribution is -2.41. The zero-order chi connectivity index (χ0) is 30.6. The molecule has 0 saturated carbocycles. The summed E-state index contributed by atoms with van der Waals surface area (Å²) in [5, 5.41) is 11.3. The molecule has 0 radical (unpaired) electrons. The van der Waals surface area contributed by atoms with E-state index in [0.29, 0.717) is 11.5 Å². The van der Waals surface area contributed by atoms with E-state index in [2.05, 4.69) is 116 Å². The fourth-order valence-electron chi connectivity index (χ4n) is 5.32. The van der Waals surface area contributed by atoms with E-state index in [-0.39, 0.29) is 31.7 Å². The molecule has 2 aliphatic carbocycles. The maximum absolute atomic E-state index is 12.0. The number of aliphatic hydroxyl groups is 1. The third-order valence-corrected chi connectivity index (χ3v) is 10.7. The second kappa shape index (κ2) is 10.9. The molecule has 0 saturated heterocycles. The average Bonchev–Trinajstić information content (AvgIpc) is 2.66. The Balaban J connectivity index is 2.54. The molecular weight excluding hydrogens is 523 g/mol. The number of allylic oxidation sites excluding steroid dienone is 8. The first-order valence-corrected chi connectivity index (χ1v) is 15.8. The molecule has 39 heavy (non-hydrogen) atoms. The number of hydrogen-bond acceptors (Lipinski definition) is 5. The highest BCUT2D eigenvalue weighted by Crippen LogP contribution is 2.59. The first kappa shape index (κ1) is 33.9. The Morgan fingerprint density at radius 1 is 0.872 bits per heavy atom. The van der Waals surface area contributed by atoms with E-state index in [1.54, 1.807) is 0 Å². The summed E-state index contributed by atoms with van der Waals surface area (Å²) in [6.07, 6.45) is 5.32. The standard InChI is InChI=1S/C33H55NO3S2/c1-28(2,3)22-16-20(17-23(25(22)35)29(4,5)6)38-32(13,14)39-21-18-24(30(7,8)9)26(37-27(34)36)33(15,19-21)31(10,11)12/h16,18,23,35H,17,19H2,1-15H3,(H2,34,36). The third-order valence-electron chi connectivity index (χ3n) is 8.17. The number of hydrogen-bond donors (Lipinski definition) is 2. The van der Waals surface area contributed by atoms with Gasteiger partial charge in [-0.05, 0) is 81.5 Å². The number of rotatable bonds is 5. The lowest BCUT2D eigenvalue weighted by atomic mass is 9.60. The Kier molecular flexibility index (Phi) is 9.44. The second-order valence-corrected chi connectivity index (χ2v) is 19.9. The molecule has 222 valence electrons. The first-order valence-electron chi connectivity index (χ1n) is 14.1. The van der Waals surface area contributed by atoms with Gasteiger partial charge in [0.05, 0.1) is 9.84 Å². The molecule has 0 aromatic carbocycles. The number of primary amides is 1. The van der Waals surface area contributed by atoms with Crippen LogP contribution in [0.15, 0.2) is 44.6 Å². The number of carbonyl (C=O) groups excluding carboxylic acids is 1. The number of thioether (sulfide) groups is 2. The van der Waals surface area contributed by atoms with Crippen molar-refractivity contribution in [3.05, 3.63) is 44.6 Å². The number of aliphatic hydroxyl groups excluding tert-OH is 1. The molecule has 1 amide bonds. The summed E-state index contributed by atoms with van der Waals surface area (Å²) < 4.78 is 5.64. The predicted molar refractivity (Wildman–Crippen MR) is 171 cm³/mol. The summed E-state index contributed by atoms with van der Waals surface area (Å²) in [5.74, 6) is 1.33. The molecule has 0 heterocycles. The van der Waals surface area contributed by atoms with Crippen molar-refractivity contribution in [2.45, 2.75) is 121 Å². The summed E-state index contributed by atoms with van der Waals surface area (Å²) in [6.45, 7) is 33.0. The molecule has 0 aromatic rings. The van der Waals surface area contributed by atoms with E-state index >= 15 is 0 Å². The maximum atomic E-state index is 12.0. The van der Waals surface area contributed by atoms with E-state index in [9.17, 15) is 9.90 Å². The molecular formula is C33H55NO3S2. The molecule has 0 aliphatic heterocycles. The van der Waals surface area contributed by atoms with Crippen molar-refractivity contribution in [1.82, 2.24) is 0 Å². The van der Waals surface area contributed by atoms with Crippen LogP contribution in [0.1, 0.15) is 117 Å². The molecule has 6 heteroatoms. The highest BCUT2D eigenvalue weighted by atomic mass is 32.2. The summed E-state index contributed by atoms with van der Waals surface area (Å²) in [6, 6.07) is 0. The lowest BCUT2D eigenvalue weighted by molar-refractivity contribution is 0.0728. The largest absolute Gasteiger partial charge is 0.512 e. The fourth-order valence-corrected chi connectivity index (χ4v) is 8.36. The molecule has 0 bridgehead atoms. The van der Waals surface area contributed by atoms with Gasteiger partial charge in [0.2, 0.25) is 0 Å². The van der Waals surface area contributed by atoms with Crippen LogP contribution in [-0.2, 0) is 4.74 Å². The van der Waals surface area contributed by atoms with Crippen molar-refractivity contribution in [2.24, 2.45) is 38.7 Å². The zero-order valence-electron chi connectivity index (χ0n) is 27.3. The van der Waals surface area contributed by atoms with Crippen LogP contribution in [0.25, 0.3) is 0 Å². The average molecular weight is 578 g/mol. The van der Waals surface area contributed by atoms with Gasteiger partial charge in [-0.3, -0.25) is 0 Å². The molecule has 0 fully saturated rings. The van der Waals surface area contributed by atoms with Crippen molar-refractivity contribution >= 4 is 29.6 Å². The number of amides is 1. The fraction of sp³-hybridized carbons (Fsp3) is 0.727. The van der Waals surface area contributed by atoms with Gasteiger partial charge in [0.15, 0.2) is 0 Å². The minimum absolute atomic E-state index is 0.0401. The predicted octanol–water partition coefficient (Wildman–Crippen LogP) is 10.7. The summed E-state index contributed by atoms with van der Waals surface area (Å²) >= 11 is 3.80. The van der Waals surface area contributed by atoms with Gasteiger partial charge in [0.25, 0.3) is 0 Å². The Labute approximate surface area is 247 Å². The van der Waals surface area contributed by atoms with Crippen molar-refractivity contribution in [3.8, 4) is 0 Å². The molecule has 3 N–H and O–H groups in total. The van der Waals surface area contributed by atoms with Gasteiger partial charge in [0.1, 0.15) is 5.76 Å². The van der Waals surface area contributed by atoms with Crippen LogP contribution in [0.2, 0.25) is 0 Å². The van der Waals surface area contributed by atoms with Crippen molar-refractivity contribution < 1.29 is 14.6 Å². The highest BCUT2D eigenvalue weighted by molar-refractivity contribution is 8.21. The number of nitrogens with two attached hydrogens (primary N) is 1. The van der Waals surface area contributed by atoms with E-state index < -0.39 is 11.5 Å². The summed E-state index contributed by atoms with van der Waals surface area (Å²) in [4.78, 5) is 14.6. The molecule has 2 atom stereocenters. The first-order chi connectivity index (χ1) is 17.2. The summed E-state index contributed by atoms with van der Waals surface area (Å²) in [5.41, 5.74) is 6.67. The van der Waals surface area contributed by atoms with Crippen LogP contribution in [0.4, 0.5) is 4.79 Å². The monoisotopic (exact) mass is 577 g/mol.